The number of hydrogen-bond acceptors (Lipinski definition) is 5. The number of para-hydroxylation sites is 2. The summed E-state index contributed by atoms with van der Waals surface area (Å²) in [6, 6.07) is 74.9. The number of aromatic nitrogens is 4. The lowest BCUT2D eigenvalue weighted by Crippen LogP contribution is -2.09. The quantitative estimate of drug-likeness (QED) is 0.161. The SMILES string of the molecule is c1ccc(-c2nc(-c3ccccc3)nc(-c3ccc(-n4c5ccc(N(c6ccccc6)c6ccccc6)cc5c5c6ccccc6c6c7ccccc7sc6c54)cc3)n2)cc1. The second kappa shape index (κ2) is 14.4. The van der Waals surface area contributed by atoms with Gasteiger partial charge in [0.25, 0.3) is 0 Å². The Morgan fingerprint density at radius 1 is 0.377 bits per heavy atom. The van der Waals surface area contributed by atoms with Crippen molar-refractivity contribution in [3.63, 3.8) is 0 Å². The summed E-state index contributed by atoms with van der Waals surface area (Å²) in [7, 11) is 0. The molecule has 0 saturated heterocycles. The van der Waals surface area contributed by atoms with Crippen LogP contribution in [0.3, 0.4) is 0 Å². The Kier molecular flexibility index (Phi) is 8.28. The number of anilines is 3. The fourth-order valence-electron chi connectivity index (χ4n) is 8.87. The fourth-order valence-corrected chi connectivity index (χ4v) is 10.1. The number of thiophene rings is 1. The van der Waals surface area contributed by atoms with Gasteiger partial charge in [0.05, 0.1) is 15.7 Å². The average molecular weight is 798 g/mol. The van der Waals surface area contributed by atoms with Gasteiger partial charge in [-0.1, -0.05) is 140 Å². The molecule has 9 aromatic carbocycles. The largest absolute Gasteiger partial charge is 0.310 e. The normalized spacial score (nSPS) is 11.6. The smallest absolute Gasteiger partial charge is 0.164 e. The molecule has 61 heavy (non-hydrogen) atoms. The van der Waals surface area contributed by atoms with Gasteiger partial charge in [-0.2, -0.15) is 0 Å². The molecule has 0 atom stereocenters. The number of rotatable bonds is 7. The van der Waals surface area contributed by atoms with Gasteiger partial charge >= 0.3 is 0 Å². The molecular weight excluding hydrogens is 763 g/mol. The molecule has 0 N–H and O–H groups in total. The lowest BCUT2D eigenvalue weighted by atomic mass is 9.98. The van der Waals surface area contributed by atoms with Crippen LogP contribution in [0, 0.1) is 0 Å². The molecule has 0 aliphatic carbocycles. The van der Waals surface area contributed by atoms with Crippen molar-refractivity contribution in [3.8, 4) is 39.9 Å². The highest BCUT2D eigenvalue weighted by molar-refractivity contribution is 7.27. The maximum atomic E-state index is 5.04. The Hall–Kier alpha value is -7.93. The van der Waals surface area contributed by atoms with E-state index in [1.165, 1.54) is 47.2 Å². The van der Waals surface area contributed by atoms with Gasteiger partial charge in [0.1, 0.15) is 0 Å². The molecule has 0 fully saturated rings. The average Bonchev–Trinajstić information content (AvgIpc) is 3.90. The van der Waals surface area contributed by atoms with Crippen molar-refractivity contribution >= 4 is 81.1 Å². The molecule has 0 aliphatic heterocycles. The van der Waals surface area contributed by atoms with Crippen LogP contribution >= 0.6 is 11.3 Å². The summed E-state index contributed by atoms with van der Waals surface area (Å²) in [4.78, 5) is 17.3. The van der Waals surface area contributed by atoms with Gasteiger partial charge in [0, 0.05) is 65.7 Å². The third-order valence-corrected chi connectivity index (χ3v) is 12.8. The van der Waals surface area contributed by atoms with E-state index in [0.29, 0.717) is 17.5 Å². The van der Waals surface area contributed by atoms with Crippen molar-refractivity contribution in [2.24, 2.45) is 0 Å². The summed E-state index contributed by atoms with van der Waals surface area (Å²) in [5.41, 5.74) is 9.53. The summed E-state index contributed by atoms with van der Waals surface area (Å²) in [5.74, 6) is 1.92. The molecule has 3 aromatic heterocycles. The van der Waals surface area contributed by atoms with Crippen LogP contribution in [0.5, 0.6) is 0 Å². The minimum absolute atomic E-state index is 0.630. The maximum Gasteiger partial charge on any atom is 0.164 e. The van der Waals surface area contributed by atoms with Crippen LogP contribution in [0.1, 0.15) is 0 Å². The van der Waals surface area contributed by atoms with E-state index >= 15 is 0 Å². The zero-order chi connectivity index (χ0) is 40.3. The first-order valence-electron chi connectivity index (χ1n) is 20.4. The molecular formula is C55H35N5S. The number of nitrogens with zero attached hydrogens (tertiary/aromatic N) is 5. The van der Waals surface area contributed by atoms with E-state index in [9.17, 15) is 0 Å². The Bertz CT molecular complexity index is 3470. The Labute approximate surface area is 356 Å². The summed E-state index contributed by atoms with van der Waals surface area (Å²) in [6.07, 6.45) is 0. The van der Waals surface area contributed by atoms with Crippen molar-refractivity contribution in [2.45, 2.75) is 0 Å². The van der Waals surface area contributed by atoms with Crippen molar-refractivity contribution in [3.05, 3.63) is 212 Å². The molecule has 0 radical (unpaired) electrons. The van der Waals surface area contributed by atoms with Crippen LogP contribution in [0.2, 0.25) is 0 Å². The monoisotopic (exact) mass is 797 g/mol. The zero-order valence-electron chi connectivity index (χ0n) is 32.9. The van der Waals surface area contributed by atoms with Gasteiger partial charge in [0.15, 0.2) is 17.5 Å². The lowest BCUT2D eigenvalue weighted by Gasteiger charge is -2.25. The molecule has 0 unspecified atom stereocenters. The summed E-state index contributed by atoms with van der Waals surface area (Å²) in [5, 5.41) is 7.53. The van der Waals surface area contributed by atoms with Crippen molar-refractivity contribution < 1.29 is 0 Å². The molecule has 12 aromatic rings. The topological polar surface area (TPSA) is 46.8 Å². The molecule has 0 bridgehead atoms. The van der Waals surface area contributed by atoms with Gasteiger partial charge in [-0.25, -0.2) is 15.0 Å². The summed E-state index contributed by atoms with van der Waals surface area (Å²) >= 11 is 1.88. The second-order valence-electron chi connectivity index (χ2n) is 15.2. The fraction of sp³-hybridized carbons (Fsp3) is 0. The molecule has 286 valence electrons. The number of hydrogen-bond donors (Lipinski definition) is 0. The van der Waals surface area contributed by atoms with Gasteiger partial charge in [-0.05, 0) is 83.6 Å². The Morgan fingerprint density at radius 3 is 1.43 bits per heavy atom. The third kappa shape index (κ3) is 5.87. The van der Waals surface area contributed by atoms with Gasteiger partial charge < -0.3 is 9.47 Å². The molecule has 0 aliphatic rings. The second-order valence-corrected chi connectivity index (χ2v) is 16.3. The molecule has 6 heteroatoms. The highest BCUT2D eigenvalue weighted by Gasteiger charge is 2.24. The van der Waals surface area contributed by atoms with E-state index in [2.05, 4.69) is 161 Å². The highest BCUT2D eigenvalue weighted by Crippen LogP contribution is 2.49. The van der Waals surface area contributed by atoms with Crippen LogP contribution in [-0.4, -0.2) is 19.5 Å². The standard InChI is InChI=1S/C55H35N5S/c1-5-17-36(18-6-1)53-56-54(37-19-7-2-8-20-37)58-55(57-53)38-29-31-41(32-30-38)60-47-34-33-42(59(39-21-9-3-10-22-39)40-23-11-4-12-24-40)35-46(47)49-43-25-13-14-26-44(43)50-45-27-15-16-28-48(45)61-52(50)51(49)60/h1-35H. The Morgan fingerprint density at radius 2 is 0.852 bits per heavy atom. The molecule has 5 nitrogen and oxygen atoms in total. The van der Waals surface area contributed by atoms with Crippen LogP contribution in [0.4, 0.5) is 17.1 Å². The maximum absolute atomic E-state index is 5.04. The number of benzene rings is 9. The van der Waals surface area contributed by atoms with Crippen LogP contribution in [0.15, 0.2) is 212 Å². The molecule has 3 heterocycles. The Balaban J connectivity index is 1.11. The van der Waals surface area contributed by atoms with Crippen LogP contribution in [0.25, 0.3) is 92.6 Å². The van der Waals surface area contributed by atoms with E-state index in [1.807, 2.05) is 72.0 Å². The first kappa shape index (κ1) is 35.1. The molecule has 12 rings (SSSR count). The minimum Gasteiger partial charge on any atom is -0.310 e. The minimum atomic E-state index is 0.630. The number of fused-ring (bicyclic) bond motifs is 10. The summed E-state index contributed by atoms with van der Waals surface area (Å²) in [6.45, 7) is 0. The third-order valence-electron chi connectivity index (χ3n) is 11.6. The highest BCUT2D eigenvalue weighted by atomic mass is 32.1. The van der Waals surface area contributed by atoms with Gasteiger partial charge in [-0.15, -0.1) is 11.3 Å². The first-order valence-corrected chi connectivity index (χ1v) is 21.3. The van der Waals surface area contributed by atoms with E-state index in [-0.39, 0.29) is 0 Å². The van der Waals surface area contributed by atoms with Crippen molar-refractivity contribution in [1.82, 2.24) is 19.5 Å². The van der Waals surface area contributed by atoms with Gasteiger partial charge in [0.2, 0.25) is 0 Å². The first-order chi connectivity index (χ1) is 30.3. The lowest BCUT2D eigenvalue weighted by molar-refractivity contribution is 1.07. The van der Waals surface area contributed by atoms with Gasteiger partial charge in [-0.3, -0.25) is 0 Å². The molecule has 0 spiro atoms. The zero-order valence-corrected chi connectivity index (χ0v) is 33.7. The van der Waals surface area contributed by atoms with Crippen molar-refractivity contribution in [1.29, 1.82) is 0 Å². The van der Waals surface area contributed by atoms with E-state index in [0.717, 1.165) is 45.0 Å². The predicted octanol–water partition coefficient (Wildman–Crippen LogP) is 15.0. The van der Waals surface area contributed by atoms with E-state index in [4.69, 9.17) is 15.0 Å². The molecule has 0 saturated carbocycles. The van der Waals surface area contributed by atoms with E-state index < -0.39 is 0 Å². The predicted molar refractivity (Wildman–Crippen MR) is 256 cm³/mol. The van der Waals surface area contributed by atoms with Crippen molar-refractivity contribution in [2.75, 3.05) is 4.90 Å². The molecule has 0 amide bonds. The van der Waals surface area contributed by atoms with Crippen LogP contribution < -0.4 is 4.90 Å². The summed E-state index contributed by atoms with van der Waals surface area (Å²) < 4.78 is 5.02. The van der Waals surface area contributed by atoms with Crippen LogP contribution in [-0.2, 0) is 0 Å². The van der Waals surface area contributed by atoms with E-state index in [1.54, 1.807) is 0 Å².